The van der Waals surface area contributed by atoms with Crippen LogP contribution in [0.15, 0.2) is 60.8 Å². The van der Waals surface area contributed by atoms with Crippen LogP contribution in [0, 0.1) is 6.92 Å². The maximum absolute atomic E-state index is 12.5. The quantitative estimate of drug-likeness (QED) is 0.480. The number of hydrogen-bond acceptors (Lipinski definition) is 4. The molecule has 1 amide bonds. The largest absolute Gasteiger partial charge is 0.496 e. The summed E-state index contributed by atoms with van der Waals surface area (Å²) in [6, 6.07) is 15.6. The summed E-state index contributed by atoms with van der Waals surface area (Å²) in [4.78, 5) is 14.2. The SMILES string of the molecule is CCn1nccc1CN(C)C(=O)/C=C/c1ccc(OC)c(COc2ccc(C)cc2)c1. The number of hydrogen-bond donors (Lipinski definition) is 0. The predicted octanol–water partition coefficient (Wildman–Crippen LogP) is 4.47. The van der Waals surface area contributed by atoms with E-state index in [1.807, 2.05) is 73.1 Å². The standard InChI is InChI=1S/C25H29N3O3/c1-5-28-22(14-15-26-28)17-27(3)25(29)13-9-20-8-12-24(30-4)21(16-20)18-31-23-10-6-19(2)7-11-23/h6-16H,5,17-18H2,1-4H3/b13-9+. The number of likely N-dealkylation sites (N-methyl/N-ethyl adjacent to an activating group) is 1. The predicted molar refractivity (Wildman–Crippen MR) is 122 cm³/mol. The van der Waals surface area contributed by atoms with E-state index in [0.29, 0.717) is 13.2 Å². The number of aryl methyl sites for hydroxylation is 2. The molecule has 162 valence electrons. The molecule has 0 aliphatic carbocycles. The number of aromatic nitrogens is 2. The van der Waals surface area contributed by atoms with Gasteiger partial charge >= 0.3 is 0 Å². The Labute approximate surface area is 183 Å². The van der Waals surface area contributed by atoms with Gasteiger partial charge in [0.2, 0.25) is 5.91 Å². The van der Waals surface area contributed by atoms with Crippen molar-refractivity contribution in [3.63, 3.8) is 0 Å². The minimum Gasteiger partial charge on any atom is -0.496 e. The second kappa shape index (κ2) is 10.5. The first-order valence-corrected chi connectivity index (χ1v) is 10.3. The molecule has 0 radical (unpaired) electrons. The third-order valence-corrected chi connectivity index (χ3v) is 5.02. The van der Waals surface area contributed by atoms with E-state index in [2.05, 4.69) is 5.10 Å². The number of nitrogens with zero attached hydrogens (tertiary/aromatic N) is 3. The third-order valence-electron chi connectivity index (χ3n) is 5.02. The van der Waals surface area contributed by atoms with Crippen molar-refractivity contribution >= 4 is 12.0 Å². The zero-order valence-electron chi connectivity index (χ0n) is 18.5. The Bertz CT molecular complexity index is 1040. The second-order valence-electron chi connectivity index (χ2n) is 7.34. The molecule has 3 rings (SSSR count). The smallest absolute Gasteiger partial charge is 0.246 e. The lowest BCUT2D eigenvalue weighted by Crippen LogP contribution is -2.25. The van der Waals surface area contributed by atoms with Crippen molar-refractivity contribution in [2.24, 2.45) is 0 Å². The van der Waals surface area contributed by atoms with Gasteiger partial charge in [-0.25, -0.2) is 0 Å². The zero-order chi connectivity index (χ0) is 22.2. The number of ether oxygens (including phenoxy) is 2. The number of amides is 1. The van der Waals surface area contributed by atoms with Crippen LogP contribution < -0.4 is 9.47 Å². The van der Waals surface area contributed by atoms with Crippen LogP contribution in [0.5, 0.6) is 11.5 Å². The molecule has 0 aliphatic rings. The van der Waals surface area contributed by atoms with Gasteiger partial charge in [0.1, 0.15) is 18.1 Å². The Hall–Kier alpha value is -3.54. The van der Waals surface area contributed by atoms with Crippen LogP contribution in [0.4, 0.5) is 0 Å². The maximum atomic E-state index is 12.5. The number of carbonyl (C=O) groups excluding carboxylic acids is 1. The van der Waals surface area contributed by atoms with Gasteiger partial charge in [-0.05, 0) is 55.8 Å². The third kappa shape index (κ3) is 5.98. The van der Waals surface area contributed by atoms with E-state index in [0.717, 1.165) is 34.9 Å². The minimum absolute atomic E-state index is 0.0721. The molecule has 0 unspecified atom stereocenters. The molecule has 0 aliphatic heterocycles. The van der Waals surface area contributed by atoms with Gasteiger partial charge in [-0.2, -0.15) is 5.10 Å². The molecule has 0 N–H and O–H groups in total. The van der Waals surface area contributed by atoms with Crippen LogP contribution in [0.2, 0.25) is 0 Å². The molecule has 0 spiro atoms. The van der Waals surface area contributed by atoms with Crippen LogP contribution in [-0.4, -0.2) is 34.7 Å². The van der Waals surface area contributed by atoms with Crippen LogP contribution in [-0.2, 0) is 24.5 Å². The molecule has 31 heavy (non-hydrogen) atoms. The summed E-state index contributed by atoms with van der Waals surface area (Å²) in [6.07, 6.45) is 5.15. The van der Waals surface area contributed by atoms with Crippen molar-refractivity contribution in [1.29, 1.82) is 0 Å². The van der Waals surface area contributed by atoms with Crippen molar-refractivity contribution < 1.29 is 14.3 Å². The molecule has 3 aromatic rings. The molecular formula is C25H29N3O3. The number of carbonyl (C=O) groups is 1. The molecule has 0 atom stereocenters. The first-order valence-electron chi connectivity index (χ1n) is 10.3. The summed E-state index contributed by atoms with van der Waals surface area (Å²) in [5.74, 6) is 1.48. The van der Waals surface area contributed by atoms with Gasteiger partial charge in [0, 0.05) is 31.4 Å². The summed E-state index contributed by atoms with van der Waals surface area (Å²) in [5, 5.41) is 4.25. The fourth-order valence-electron chi connectivity index (χ4n) is 3.21. The lowest BCUT2D eigenvalue weighted by atomic mass is 10.1. The van der Waals surface area contributed by atoms with Gasteiger partial charge in [-0.1, -0.05) is 23.8 Å². The Kier molecular flexibility index (Phi) is 7.49. The van der Waals surface area contributed by atoms with E-state index < -0.39 is 0 Å². The van der Waals surface area contributed by atoms with E-state index in [1.165, 1.54) is 5.56 Å². The Balaban J connectivity index is 1.66. The second-order valence-corrected chi connectivity index (χ2v) is 7.34. The van der Waals surface area contributed by atoms with E-state index in [4.69, 9.17) is 9.47 Å². The molecule has 0 fully saturated rings. The molecule has 0 saturated carbocycles. The normalized spacial score (nSPS) is 11.0. The lowest BCUT2D eigenvalue weighted by Gasteiger charge is -2.16. The molecule has 6 nitrogen and oxygen atoms in total. The Morgan fingerprint density at radius 1 is 1.16 bits per heavy atom. The lowest BCUT2D eigenvalue weighted by molar-refractivity contribution is -0.125. The first kappa shape index (κ1) is 22.2. The molecule has 0 saturated heterocycles. The van der Waals surface area contributed by atoms with Gasteiger partial charge in [-0.3, -0.25) is 9.48 Å². The minimum atomic E-state index is -0.0721. The van der Waals surface area contributed by atoms with E-state index in [1.54, 1.807) is 31.3 Å². The van der Waals surface area contributed by atoms with E-state index in [-0.39, 0.29) is 5.91 Å². The number of rotatable bonds is 9. The van der Waals surface area contributed by atoms with E-state index >= 15 is 0 Å². The highest BCUT2D eigenvalue weighted by Crippen LogP contribution is 2.23. The fourth-order valence-corrected chi connectivity index (χ4v) is 3.21. The first-order chi connectivity index (χ1) is 15.0. The van der Waals surface area contributed by atoms with Gasteiger partial charge in [0.25, 0.3) is 0 Å². The molecule has 1 aromatic heterocycles. The van der Waals surface area contributed by atoms with Gasteiger partial charge < -0.3 is 14.4 Å². The average Bonchev–Trinajstić information content (AvgIpc) is 3.24. The highest BCUT2D eigenvalue weighted by atomic mass is 16.5. The summed E-state index contributed by atoms with van der Waals surface area (Å²) in [7, 11) is 3.42. The van der Waals surface area contributed by atoms with Crippen LogP contribution in [0.25, 0.3) is 6.08 Å². The Morgan fingerprint density at radius 2 is 1.94 bits per heavy atom. The monoisotopic (exact) mass is 419 g/mol. The van der Waals surface area contributed by atoms with Crippen molar-refractivity contribution in [2.45, 2.75) is 33.5 Å². The summed E-state index contributed by atoms with van der Waals surface area (Å²) in [5.41, 5.74) is 4.01. The average molecular weight is 420 g/mol. The van der Waals surface area contributed by atoms with Crippen LogP contribution >= 0.6 is 0 Å². The van der Waals surface area contributed by atoms with E-state index in [9.17, 15) is 4.79 Å². The van der Waals surface area contributed by atoms with Crippen molar-refractivity contribution in [3.05, 3.63) is 83.2 Å². The van der Waals surface area contributed by atoms with Crippen LogP contribution in [0.1, 0.15) is 29.3 Å². The molecular weight excluding hydrogens is 390 g/mol. The summed E-state index contributed by atoms with van der Waals surface area (Å²) in [6.45, 7) is 5.74. The summed E-state index contributed by atoms with van der Waals surface area (Å²) < 4.78 is 13.3. The van der Waals surface area contributed by atoms with Gasteiger partial charge in [-0.15, -0.1) is 0 Å². The molecule has 0 bridgehead atoms. The molecule has 2 aromatic carbocycles. The van der Waals surface area contributed by atoms with Gasteiger partial charge in [0.15, 0.2) is 0 Å². The highest BCUT2D eigenvalue weighted by molar-refractivity contribution is 5.91. The fraction of sp³-hybridized carbons (Fsp3) is 0.280. The number of methoxy groups -OCH3 is 1. The Morgan fingerprint density at radius 3 is 2.65 bits per heavy atom. The van der Waals surface area contributed by atoms with Crippen LogP contribution in [0.3, 0.4) is 0 Å². The topological polar surface area (TPSA) is 56.6 Å². The highest BCUT2D eigenvalue weighted by Gasteiger charge is 2.10. The van der Waals surface area contributed by atoms with Crippen molar-refractivity contribution in [2.75, 3.05) is 14.2 Å². The summed E-state index contributed by atoms with van der Waals surface area (Å²) >= 11 is 0. The van der Waals surface area contributed by atoms with Crippen molar-refractivity contribution in [1.82, 2.24) is 14.7 Å². The van der Waals surface area contributed by atoms with Crippen molar-refractivity contribution in [3.8, 4) is 11.5 Å². The number of benzene rings is 2. The molecule has 1 heterocycles. The molecule has 6 heteroatoms. The maximum Gasteiger partial charge on any atom is 0.246 e. The zero-order valence-corrected chi connectivity index (χ0v) is 18.5. The van der Waals surface area contributed by atoms with Gasteiger partial charge in [0.05, 0.1) is 19.3 Å².